The highest BCUT2D eigenvalue weighted by Crippen LogP contribution is 2.64. The fourth-order valence-corrected chi connectivity index (χ4v) is 7.52. The molecular weight excluding hydrogens is 396 g/mol. The van der Waals surface area contributed by atoms with Crippen molar-refractivity contribution in [2.24, 2.45) is 23.2 Å². The van der Waals surface area contributed by atoms with Gasteiger partial charge in [-0.2, -0.15) is 0 Å². The van der Waals surface area contributed by atoms with Crippen molar-refractivity contribution >= 4 is 0 Å². The van der Waals surface area contributed by atoms with E-state index in [1.54, 1.807) is 0 Å². The summed E-state index contributed by atoms with van der Waals surface area (Å²) in [6, 6.07) is 6.13. The van der Waals surface area contributed by atoms with E-state index in [1.165, 1.54) is 36.8 Å². The zero-order valence-electron chi connectivity index (χ0n) is 21.2. The van der Waals surface area contributed by atoms with Gasteiger partial charge < -0.3 is 14.6 Å². The number of ether oxygens (including phenoxy) is 2. The van der Waals surface area contributed by atoms with Crippen LogP contribution in [0.15, 0.2) is 30.9 Å². The molecule has 2 saturated carbocycles. The van der Waals surface area contributed by atoms with Gasteiger partial charge in [0.15, 0.2) is 5.79 Å². The first-order valence-corrected chi connectivity index (χ1v) is 13.2. The van der Waals surface area contributed by atoms with Crippen LogP contribution >= 0.6 is 0 Å². The Hall–Kier alpha value is -1.32. The van der Waals surface area contributed by atoms with Gasteiger partial charge in [0.05, 0.1) is 13.2 Å². The van der Waals surface area contributed by atoms with Gasteiger partial charge >= 0.3 is 0 Å². The summed E-state index contributed by atoms with van der Waals surface area (Å²) in [5.74, 6) is 2.89. The molecule has 5 unspecified atom stereocenters. The molecule has 3 fully saturated rings. The van der Waals surface area contributed by atoms with Crippen LogP contribution in [0.3, 0.4) is 0 Å². The Morgan fingerprint density at radius 1 is 1.12 bits per heavy atom. The largest absolute Gasteiger partial charge is 0.508 e. The van der Waals surface area contributed by atoms with E-state index in [0.717, 1.165) is 50.7 Å². The first kappa shape index (κ1) is 25.3. The molecule has 5 atom stereocenters. The van der Waals surface area contributed by atoms with Gasteiger partial charge in [0.2, 0.25) is 0 Å². The molecule has 32 heavy (non-hydrogen) atoms. The molecule has 0 bridgehead atoms. The van der Waals surface area contributed by atoms with Crippen LogP contribution in [0.2, 0.25) is 0 Å². The summed E-state index contributed by atoms with van der Waals surface area (Å²) in [6.45, 7) is 16.0. The standard InChI is InChI=1S/C25H34O3.2C2H6/c1-3-4-5-18-15-24(2)16-25(27-12-13-28-25)11-10-22(24)21-8-6-17-14-19(26)7-9-20(17)23(18)21;2*1-2/h3,7,9,14,18,21-23,26H,1,4-6,8,10-13,15-16H2,2H3;2*1-2H3. The molecule has 1 aromatic carbocycles. The molecule has 1 spiro atoms. The fourth-order valence-electron chi connectivity index (χ4n) is 7.52. The van der Waals surface area contributed by atoms with Crippen molar-refractivity contribution in [2.45, 2.75) is 97.7 Å². The predicted molar refractivity (Wildman–Crippen MR) is 133 cm³/mol. The van der Waals surface area contributed by atoms with Crippen LogP contribution < -0.4 is 0 Å². The van der Waals surface area contributed by atoms with Crippen molar-refractivity contribution < 1.29 is 14.6 Å². The van der Waals surface area contributed by atoms with Gasteiger partial charge in [-0.05, 0) is 90.9 Å². The van der Waals surface area contributed by atoms with Crippen LogP contribution in [-0.2, 0) is 15.9 Å². The minimum absolute atomic E-state index is 0.296. The van der Waals surface area contributed by atoms with Gasteiger partial charge in [0.1, 0.15) is 5.75 Å². The van der Waals surface area contributed by atoms with E-state index in [2.05, 4.69) is 25.6 Å². The predicted octanol–water partition coefficient (Wildman–Crippen LogP) is 7.63. The van der Waals surface area contributed by atoms with Gasteiger partial charge in [-0.25, -0.2) is 0 Å². The lowest BCUT2D eigenvalue weighted by molar-refractivity contribution is -0.227. The van der Waals surface area contributed by atoms with Crippen molar-refractivity contribution in [1.82, 2.24) is 0 Å². The van der Waals surface area contributed by atoms with Crippen LogP contribution in [-0.4, -0.2) is 24.1 Å². The molecule has 1 heterocycles. The van der Waals surface area contributed by atoms with Gasteiger partial charge in [0.25, 0.3) is 0 Å². The average molecular weight is 443 g/mol. The number of hydrogen-bond acceptors (Lipinski definition) is 3. The van der Waals surface area contributed by atoms with Crippen molar-refractivity contribution in [3.05, 3.63) is 42.0 Å². The zero-order chi connectivity index (χ0) is 23.4. The number of hydrogen-bond donors (Lipinski definition) is 1. The number of phenolic OH excluding ortho intramolecular Hbond substituents is 1. The van der Waals surface area contributed by atoms with E-state index in [0.29, 0.717) is 23.0 Å². The normalized spacial score (nSPS) is 34.0. The highest BCUT2D eigenvalue weighted by molar-refractivity contribution is 5.40. The topological polar surface area (TPSA) is 38.7 Å². The lowest BCUT2D eigenvalue weighted by Crippen LogP contribution is -2.54. The van der Waals surface area contributed by atoms with Crippen molar-refractivity contribution in [1.29, 1.82) is 0 Å². The number of benzene rings is 1. The summed E-state index contributed by atoms with van der Waals surface area (Å²) in [4.78, 5) is 0. The minimum Gasteiger partial charge on any atom is -0.508 e. The second-order valence-electron chi connectivity index (χ2n) is 10.0. The van der Waals surface area contributed by atoms with E-state index < -0.39 is 0 Å². The van der Waals surface area contributed by atoms with E-state index in [1.807, 2.05) is 39.8 Å². The highest BCUT2D eigenvalue weighted by atomic mass is 16.7. The number of aryl methyl sites for hydroxylation is 1. The Bertz CT molecular complexity index is 751. The first-order valence-electron chi connectivity index (χ1n) is 13.2. The fraction of sp³-hybridized carbons (Fsp3) is 0.724. The molecule has 0 aromatic heterocycles. The smallest absolute Gasteiger partial charge is 0.169 e. The van der Waals surface area contributed by atoms with Crippen molar-refractivity contribution in [2.75, 3.05) is 13.2 Å². The molecule has 1 aromatic rings. The summed E-state index contributed by atoms with van der Waals surface area (Å²) in [7, 11) is 0. The molecular formula is C29H46O3. The lowest BCUT2D eigenvalue weighted by atomic mass is 9.47. The Morgan fingerprint density at radius 3 is 2.53 bits per heavy atom. The Balaban J connectivity index is 0.000000686. The molecule has 0 radical (unpaired) electrons. The second kappa shape index (κ2) is 10.7. The molecule has 3 aliphatic carbocycles. The van der Waals surface area contributed by atoms with E-state index >= 15 is 0 Å². The Labute approximate surface area is 196 Å². The summed E-state index contributed by atoms with van der Waals surface area (Å²) in [5, 5.41) is 10.00. The minimum atomic E-state index is -0.306. The number of aromatic hydroxyl groups is 1. The molecule has 5 rings (SSSR count). The molecule has 180 valence electrons. The Kier molecular flexibility index (Phi) is 8.49. The average Bonchev–Trinajstić information content (AvgIpc) is 3.26. The molecule has 1 N–H and O–H groups in total. The molecule has 3 nitrogen and oxygen atoms in total. The number of allylic oxidation sites excluding steroid dienone is 1. The van der Waals surface area contributed by atoms with Crippen LogP contribution in [0.4, 0.5) is 0 Å². The van der Waals surface area contributed by atoms with Gasteiger partial charge in [-0.3, -0.25) is 0 Å². The third kappa shape index (κ3) is 4.66. The lowest BCUT2D eigenvalue weighted by Gasteiger charge is -2.59. The molecule has 3 heteroatoms. The zero-order valence-corrected chi connectivity index (χ0v) is 21.2. The number of rotatable bonds is 3. The van der Waals surface area contributed by atoms with Crippen molar-refractivity contribution in [3.8, 4) is 5.75 Å². The van der Waals surface area contributed by atoms with Crippen LogP contribution in [0, 0.1) is 23.2 Å². The molecule has 1 saturated heterocycles. The SMILES string of the molecule is C=CCCC1CC2(C)CC3(CCC2C2CCc4cc(O)ccc4C12)OCCO3.CC.CC. The maximum atomic E-state index is 10.00. The quantitative estimate of drug-likeness (QED) is 0.489. The maximum absolute atomic E-state index is 10.00. The molecule has 4 aliphatic rings. The monoisotopic (exact) mass is 442 g/mol. The van der Waals surface area contributed by atoms with Crippen LogP contribution in [0.5, 0.6) is 5.75 Å². The third-order valence-corrected chi connectivity index (χ3v) is 8.41. The second-order valence-corrected chi connectivity index (χ2v) is 10.0. The van der Waals surface area contributed by atoms with Crippen LogP contribution in [0.1, 0.15) is 96.6 Å². The Morgan fingerprint density at radius 2 is 1.84 bits per heavy atom. The number of phenols is 1. The summed E-state index contributed by atoms with van der Waals surface area (Å²) < 4.78 is 12.3. The van der Waals surface area contributed by atoms with Gasteiger partial charge in [0, 0.05) is 12.8 Å². The highest BCUT2D eigenvalue weighted by Gasteiger charge is 2.58. The summed E-state index contributed by atoms with van der Waals surface area (Å²) in [5.41, 5.74) is 3.19. The van der Waals surface area contributed by atoms with Gasteiger partial charge in [-0.15, -0.1) is 6.58 Å². The maximum Gasteiger partial charge on any atom is 0.169 e. The van der Waals surface area contributed by atoms with Gasteiger partial charge in [-0.1, -0.05) is 46.8 Å². The van der Waals surface area contributed by atoms with E-state index in [-0.39, 0.29) is 5.79 Å². The van der Waals surface area contributed by atoms with Crippen LogP contribution in [0.25, 0.3) is 0 Å². The summed E-state index contributed by atoms with van der Waals surface area (Å²) in [6.07, 6.45) is 11.3. The van der Waals surface area contributed by atoms with E-state index in [4.69, 9.17) is 9.47 Å². The molecule has 1 aliphatic heterocycles. The summed E-state index contributed by atoms with van der Waals surface area (Å²) >= 11 is 0. The van der Waals surface area contributed by atoms with Crippen molar-refractivity contribution in [3.63, 3.8) is 0 Å². The van der Waals surface area contributed by atoms with E-state index in [9.17, 15) is 5.11 Å². The molecule has 0 amide bonds. The number of fused-ring (bicyclic) bond motifs is 5. The third-order valence-electron chi connectivity index (χ3n) is 8.41. The first-order chi connectivity index (χ1) is 15.5.